The van der Waals surface area contributed by atoms with E-state index in [1.54, 1.807) is 62.6 Å². The molecule has 0 radical (unpaired) electrons. The van der Waals surface area contributed by atoms with Crippen LogP contribution in [0.1, 0.15) is 27.6 Å². The number of amides is 2. The van der Waals surface area contributed by atoms with Crippen molar-refractivity contribution in [1.29, 1.82) is 0 Å². The van der Waals surface area contributed by atoms with Crippen molar-refractivity contribution in [3.8, 4) is 0 Å². The fraction of sp³-hybridized carbons (Fsp3) is 0.211. The van der Waals surface area contributed by atoms with Crippen molar-refractivity contribution in [3.63, 3.8) is 0 Å². The lowest BCUT2D eigenvalue weighted by molar-refractivity contribution is -0.114. The lowest BCUT2D eigenvalue weighted by atomic mass is 10.1. The number of hydrogen-bond donors (Lipinski definition) is 2. The van der Waals surface area contributed by atoms with Gasteiger partial charge in [-0.3, -0.25) is 14.4 Å². The van der Waals surface area contributed by atoms with Gasteiger partial charge in [0.15, 0.2) is 5.78 Å². The maximum absolute atomic E-state index is 12.0. The zero-order chi connectivity index (χ0) is 18.4. The van der Waals surface area contributed by atoms with Crippen molar-refractivity contribution in [2.45, 2.75) is 6.92 Å². The summed E-state index contributed by atoms with van der Waals surface area (Å²) < 4.78 is 0. The maximum atomic E-state index is 12.0. The van der Waals surface area contributed by atoms with E-state index in [4.69, 9.17) is 0 Å². The Morgan fingerprint density at radius 3 is 2.20 bits per heavy atom. The smallest absolute Gasteiger partial charge is 0.253 e. The van der Waals surface area contributed by atoms with E-state index in [1.807, 2.05) is 0 Å². The van der Waals surface area contributed by atoms with Crippen molar-refractivity contribution in [3.05, 3.63) is 59.7 Å². The third-order valence-corrected chi connectivity index (χ3v) is 3.54. The number of hydrogen-bond acceptors (Lipinski definition) is 4. The van der Waals surface area contributed by atoms with E-state index < -0.39 is 0 Å². The van der Waals surface area contributed by atoms with Gasteiger partial charge in [0, 0.05) is 36.6 Å². The van der Waals surface area contributed by atoms with Crippen molar-refractivity contribution in [1.82, 2.24) is 4.90 Å². The Balaban J connectivity index is 1.91. The second-order valence-electron chi connectivity index (χ2n) is 5.82. The molecule has 2 aromatic carbocycles. The quantitative estimate of drug-likeness (QED) is 0.793. The molecule has 0 unspecified atom stereocenters. The van der Waals surface area contributed by atoms with Gasteiger partial charge in [-0.15, -0.1) is 0 Å². The molecule has 0 aromatic heterocycles. The van der Waals surface area contributed by atoms with Gasteiger partial charge in [0.05, 0.1) is 6.54 Å². The first-order chi connectivity index (χ1) is 11.9. The van der Waals surface area contributed by atoms with Crippen LogP contribution in [0.25, 0.3) is 0 Å². The average molecular weight is 339 g/mol. The van der Waals surface area contributed by atoms with Gasteiger partial charge in [0.25, 0.3) is 5.91 Å². The highest BCUT2D eigenvalue weighted by Crippen LogP contribution is 2.12. The topological polar surface area (TPSA) is 78.5 Å². The molecule has 0 aliphatic heterocycles. The molecule has 0 heterocycles. The standard InChI is InChI=1S/C19H21N3O3/c1-13(23)15-5-4-6-17(11-15)20-12-18(24)21-16-9-7-14(8-10-16)19(25)22(2)3/h4-11,20H,12H2,1-3H3,(H,21,24). The minimum atomic E-state index is -0.222. The van der Waals surface area contributed by atoms with Crippen LogP contribution in [-0.4, -0.2) is 43.1 Å². The monoisotopic (exact) mass is 339 g/mol. The Morgan fingerprint density at radius 1 is 0.920 bits per heavy atom. The summed E-state index contributed by atoms with van der Waals surface area (Å²) in [5.74, 6) is -0.342. The van der Waals surface area contributed by atoms with E-state index in [9.17, 15) is 14.4 Å². The number of nitrogens with zero attached hydrogens (tertiary/aromatic N) is 1. The summed E-state index contributed by atoms with van der Waals surface area (Å²) in [4.78, 5) is 36.7. The maximum Gasteiger partial charge on any atom is 0.253 e. The highest BCUT2D eigenvalue weighted by Gasteiger charge is 2.08. The number of Topliss-reactive ketones (excluding diaryl/α,β-unsaturated/α-hetero) is 1. The normalized spacial score (nSPS) is 10.0. The van der Waals surface area contributed by atoms with E-state index in [1.165, 1.54) is 11.8 Å². The predicted octanol–water partition coefficient (Wildman–Crippen LogP) is 2.64. The van der Waals surface area contributed by atoms with Crippen LogP contribution in [0.2, 0.25) is 0 Å². The van der Waals surface area contributed by atoms with Crippen molar-refractivity contribution < 1.29 is 14.4 Å². The van der Waals surface area contributed by atoms with E-state index in [0.29, 0.717) is 22.5 Å². The average Bonchev–Trinajstić information content (AvgIpc) is 2.60. The minimum absolute atomic E-state index is 0.0273. The Labute approximate surface area is 146 Å². The molecule has 2 amide bonds. The second-order valence-corrected chi connectivity index (χ2v) is 5.82. The van der Waals surface area contributed by atoms with E-state index in [2.05, 4.69) is 10.6 Å². The SMILES string of the molecule is CC(=O)c1cccc(NCC(=O)Nc2ccc(C(=O)N(C)C)cc2)c1. The lowest BCUT2D eigenvalue weighted by Crippen LogP contribution is -2.23. The molecule has 6 heteroatoms. The molecule has 0 fully saturated rings. The fourth-order valence-electron chi connectivity index (χ4n) is 2.19. The van der Waals surface area contributed by atoms with Crippen LogP contribution in [0.5, 0.6) is 0 Å². The number of ketones is 1. The van der Waals surface area contributed by atoms with Gasteiger partial charge < -0.3 is 15.5 Å². The zero-order valence-corrected chi connectivity index (χ0v) is 14.5. The summed E-state index contributed by atoms with van der Waals surface area (Å²) in [7, 11) is 3.37. The summed E-state index contributed by atoms with van der Waals surface area (Å²) in [6.07, 6.45) is 0. The summed E-state index contributed by atoms with van der Waals surface area (Å²) >= 11 is 0. The number of nitrogens with one attached hydrogen (secondary N) is 2. The molecular formula is C19H21N3O3. The molecule has 0 saturated heterocycles. The van der Waals surface area contributed by atoms with Crippen molar-refractivity contribution in [2.75, 3.05) is 31.3 Å². The van der Waals surface area contributed by atoms with Crippen LogP contribution in [0.4, 0.5) is 11.4 Å². The number of rotatable bonds is 6. The molecule has 0 spiro atoms. The van der Waals surface area contributed by atoms with E-state index >= 15 is 0 Å². The van der Waals surface area contributed by atoms with Gasteiger partial charge in [-0.2, -0.15) is 0 Å². The Morgan fingerprint density at radius 2 is 1.60 bits per heavy atom. The largest absolute Gasteiger partial charge is 0.376 e. The molecule has 2 N–H and O–H groups in total. The second kappa shape index (κ2) is 8.10. The summed E-state index contributed by atoms with van der Waals surface area (Å²) in [6.45, 7) is 1.57. The van der Waals surface area contributed by atoms with Gasteiger partial charge in [0.1, 0.15) is 0 Å². The van der Waals surface area contributed by atoms with Crippen molar-refractivity contribution in [2.24, 2.45) is 0 Å². The summed E-state index contributed by atoms with van der Waals surface area (Å²) in [5.41, 5.74) is 2.46. The molecule has 2 aromatic rings. The number of carbonyl (C=O) groups is 3. The number of anilines is 2. The first-order valence-corrected chi connectivity index (χ1v) is 7.83. The summed E-state index contributed by atoms with van der Waals surface area (Å²) in [6, 6.07) is 13.7. The third-order valence-electron chi connectivity index (χ3n) is 3.54. The molecular weight excluding hydrogens is 318 g/mol. The highest BCUT2D eigenvalue weighted by molar-refractivity contribution is 5.97. The van der Waals surface area contributed by atoms with Gasteiger partial charge in [0.2, 0.25) is 5.91 Å². The van der Waals surface area contributed by atoms with Crippen LogP contribution in [0.15, 0.2) is 48.5 Å². The van der Waals surface area contributed by atoms with Gasteiger partial charge in [-0.05, 0) is 43.3 Å². The molecule has 0 atom stereocenters. The van der Waals surface area contributed by atoms with Gasteiger partial charge in [-0.1, -0.05) is 12.1 Å². The molecule has 2 rings (SSSR count). The van der Waals surface area contributed by atoms with Crippen LogP contribution in [0.3, 0.4) is 0 Å². The van der Waals surface area contributed by atoms with Crippen LogP contribution < -0.4 is 10.6 Å². The molecule has 0 bridgehead atoms. The molecule has 130 valence electrons. The Hall–Kier alpha value is -3.15. The summed E-state index contributed by atoms with van der Waals surface area (Å²) in [5, 5.41) is 5.73. The predicted molar refractivity (Wildman–Crippen MR) is 98.0 cm³/mol. The number of carbonyl (C=O) groups excluding carboxylic acids is 3. The van der Waals surface area contributed by atoms with Crippen LogP contribution >= 0.6 is 0 Å². The molecule has 0 aliphatic rings. The molecule has 25 heavy (non-hydrogen) atoms. The molecule has 0 saturated carbocycles. The molecule has 6 nitrogen and oxygen atoms in total. The minimum Gasteiger partial charge on any atom is -0.376 e. The number of benzene rings is 2. The Kier molecular flexibility index (Phi) is 5.89. The van der Waals surface area contributed by atoms with Gasteiger partial charge >= 0.3 is 0 Å². The van der Waals surface area contributed by atoms with E-state index in [-0.39, 0.29) is 24.1 Å². The highest BCUT2D eigenvalue weighted by atomic mass is 16.2. The first-order valence-electron chi connectivity index (χ1n) is 7.83. The fourth-order valence-corrected chi connectivity index (χ4v) is 2.19. The van der Waals surface area contributed by atoms with Crippen LogP contribution in [0, 0.1) is 0 Å². The zero-order valence-electron chi connectivity index (χ0n) is 14.5. The first kappa shape index (κ1) is 18.2. The third kappa shape index (κ3) is 5.17. The van der Waals surface area contributed by atoms with Crippen molar-refractivity contribution >= 4 is 29.0 Å². The van der Waals surface area contributed by atoms with E-state index in [0.717, 1.165) is 0 Å². The van der Waals surface area contributed by atoms with Gasteiger partial charge in [-0.25, -0.2) is 0 Å². The lowest BCUT2D eigenvalue weighted by Gasteiger charge is -2.11. The van der Waals surface area contributed by atoms with Crippen LogP contribution in [-0.2, 0) is 4.79 Å². The molecule has 0 aliphatic carbocycles. The Bertz CT molecular complexity index is 783.